The SMILES string of the molecule is C/C=C\C(=N/C)c1ccc(F)c(F)c1. The highest BCUT2D eigenvalue weighted by Crippen LogP contribution is 2.10. The van der Waals surface area contributed by atoms with Crippen LogP contribution in [0.2, 0.25) is 0 Å². The second kappa shape index (κ2) is 4.65. The maximum absolute atomic E-state index is 12.9. The zero-order chi connectivity index (χ0) is 10.6. The molecule has 0 aliphatic heterocycles. The monoisotopic (exact) mass is 195 g/mol. The molecular weight excluding hydrogens is 184 g/mol. The smallest absolute Gasteiger partial charge is 0.159 e. The first-order valence-corrected chi connectivity index (χ1v) is 4.24. The lowest BCUT2D eigenvalue weighted by Crippen LogP contribution is -1.98. The highest BCUT2D eigenvalue weighted by molar-refractivity contribution is 6.08. The molecule has 0 aromatic heterocycles. The number of rotatable bonds is 2. The van der Waals surface area contributed by atoms with E-state index in [1.54, 1.807) is 19.2 Å². The maximum atomic E-state index is 12.9. The molecule has 0 saturated carbocycles. The molecular formula is C11H11F2N. The van der Waals surface area contributed by atoms with Crippen LogP contribution in [0.25, 0.3) is 0 Å². The largest absolute Gasteiger partial charge is 0.288 e. The summed E-state index contributed by atoms with van der Waals surface area (Å²) >= 11 is 0. The molecule has 1 aromatic rings. The third-order valence-electron chi connectivity index (χ3n) is 1.78. The number of nitrogens with zero attached hydrogens (tertiary/aromatic N) is 1. The Morgan fingerprint density at radius 3 is 2.50 bits per heavy atom. The van der Waals surface area contributed by atoms with Crippen LogP contribution in [0.4, 0.5) is 8.78 Å². The molecule has 3 heteroatoms. The van der Waals surface area contributed by atoms with E-state index in [1.165, 1.54) is 6.07 Å². The Morgan fingerprint density at radius 2 is 2.00 bits per heavy atom. The molecule has 0 N–H and O–H groups in total. The summed E-state index contributed by atoms with van der Waals surface area (Å²) in [6.07, 6.45) is 3.54. The average Bonchev–Trinajstić information content (AvgIpc) is 2.19. The summed E-state index contributed by atoms with van der Waals surface area (Å²) in [5.74, 6) is -1.70. The summed E-state index contributed by atoms with van der Waals surface area (Å²) in [5, 5.41) is 0. The topological polar surface area (TPSA) is 12.4 Å². The van der Waals surface area contributed by atoms with Gasteiger partial charge in [-0.05, 0) is 31.2 Å². The van der Waals surface area contributed by atoms with E-state index in [0.29, 0.717) is 11.3 Å². The van der Waals surface area contributed by atoms with Crippen molar-refractivity contribution in [1.29, 1.82) is 0 Å². The van der Waals surface area contributed by atoms with Gasteiger partial charge in [-0.15, -0.1) is 0 Å². The summed E-state index contributed by atoms with van der Waals surface area (Å²) in [6, 6.07) is 3.73. The number of hydrogen-bond donors (Lipinski definition) is 0. The van der Waals surface area contributed by atoms with Crippen molar-refractivity contribution in [3.63, 3.8) is 0 Å². The molecule has 0 radical (unpaired) electrons. The molecule has 0 unspecified atom stereocenters. The zero-order valence-corrected chi connectivity index (χ0v) is 8.09. The fourth-order valence-corrected chi connectivity index (χ4v) is 1.11. The molecule has 1 rings (SSSR count). The molecule has 0 amide bonds. The van der Waals surface area contributed by atoms with Crippen molar-refractivity contribution >= 4 is 5.71 Å². The average molecular weight is 195 g/mol. The Balaban J connectivity index is 3.13. The minimum atomic E-state index is -0.854. The van der Waals surface area contributed by atoms with Gasteiger partial charge in [0, 0.05) is 12.6 Å². The van der Waals surface area contributed by atoms with Gasteiger partial charge < -0.3 is 0 Å². The molecule has 0 fully saturated rings. The molecule has 1 nitrogen and oxygen atoms in total. The summed E-state index contributed by atoms with van der Waals surface area (Å²) in [4.78, 5) is 3.96. The fourth-order valence-electron chi connectivity index (χ4n) is 1.11. The second-order valence-electron chi connectivity index (χ2n) is 2.74. The summed E-state index contributed by atoms with van der Waals surface area (Å²) in [7, 11) is 1.61. The van der Waals surface area contributed by atoms with Crippen LogP contribution in [0.3, 0.4) is 0 Å². The molecule has 1 aromatic carbocycles. The molecule has 0 aliphatic rings. The van der Waals surface area contributed by atoms with E-state index in [1.807, 2.05) is 6.92 Å². The Labute approximate surface area is 81.8 Å². The van der Waals surface area contributed by atoms with Crippen LogP contribution in [0.15, 0.2) is 35.3 Å². The highest BCUT2D eigenvalue weighted by atomic mass is 19.2. The molecule has 0 heterocycles. The van der Waals surface area contributed by atoms with Crippen LogP contribution in [0.5, 0.6) is 0 Å². The van der Waals surface area contributed by atoms with Crippen LogP contribution in [-0.4, -0.2) is 12.8 Å². The van der Waals surface area contributed by atoms with E-state index in [4.69, 9.17) is 0 Å². The van der Waals surface area contributed by atoms with E-state index in [0.717, 1.165) is 12.1 Å². The minimum Gasteiger partial charge on any atom is -0.288 e. The first-order valence-electron chi connectivity index (χ1n) is 4.24. The van der Waals surface area contributed by atoms with Gasteiger partial charge >= 0.3 is 0 Å². The van der Waals surface area contributed by atoms with Gasteiger partial charge in [0.15, 0.2) is 11.6 Å². The van der Waals surface area contributed by atoms with Crippen molar-refractivity contribution in [2.24, 2.45) is 4.99 Å². The first-order chi connectivity index (χ1) is 6.69. The molecule has 0 aliphatic carbocycles. The van der Waals surface area contributed by atoms with Crippen molar-refractivity contribution < 1.29 is 8.78 Å². The van der Waals surface area contributed by atoms with Crippen molar-refractivity contribution in [3.05, 3.63) is 47.5 Å². The lowest BCUT2D eigenvalue weighted by molar-refractivity contribution is 0.508. The van der Waals surface area contributed by atoms with Crippen molar-refractivity contribution in [2.45, 2.75) is 6.92 Å². The summed E-state index contributed by atoms with van der Waals surface area (Å²) in [5.41, 5.74) is 1.20. The van der Waals surface area contributed by atoms with Crippen LogP contribution < -0.4 is 0 Å². The zero-order valence-electron chi connectivity index (χ0n) is 8.09. The van der Waals surface area contributed by atoms with Gasteiger partial charge in [-0.1, -0.05) is 6.08 Å². The summed E-state index contributed by atoms with van der Waals surface area (Å²) < 4.78 is 25.5. The van der Waals surface area contributed by atoms with Crippen LogP contribution in [0, 0.1) is 11.6 Å². The first kappa shape index (κ1) is 10.6. The quantitative estimate of drug-likeness (QED) is 0.643. The van der Waals surface area contributed by atoms with Gasteiger partial charge in [0.1, 0.15) is 0 Å². The third-order valence-corrected chi connectivity index (χ3v) is 1.78. The Kier molecular flexibility index (Phi) is 3.51. The normalized spacial score (nSPS) is 12.4. The van der Waals surface area contributed by atoms with Gasteiger partial charge in [-0.3, -0.25) is 4.99 Å². The van der Waals surface area contributed by atoms with E-state index in [-0.39, 0.29) is 0 Å². The van der Waals surface area contributed by atoms with Gasteiger partial charge in [0.2, 0.25) is 0 Å². The minimum absolute atomic E-state index is 0.574. The predicted octanol–water partition coefficient (Wildman–Crippen LogP) is 2.96. The third kappa shape index (κ3) is 2.25. The maximum Gasteiger partial charge on any atom is 0.159 e. The molecule has 0 saturated heterocycles. The summed E-state index contributed by atoms with van der Waals surface area (Å²) in [6.45, 7) is 1.84. The standard InChI is InChI=1S/C11H11F2N/c1-3-4-11(14-2)8-5-6-9(12)10(13)7-8/h3-7H,1-2H3/b4-3-,14-11+. The molecule has 14 heavy (non-hydrogen) atoms. The molecule has 74 valence electrons. The number of benzene rings is 1. The highest BCUT2D eigenvalue weighted by Gasteiger charge is 2.04. The molecule has 0 bridgehead atoms. The van der Waals surface area contributed by atoms with E-state index in [2.05, 4.69) is 4.99 Å². The van der Waals surface area contributed by atoms with Crippen molar-refractivity contribution in [2.75, 3.05) is 7.05 Å². The van der Waals surface area contributed by atoms with Crippen LogP contribution >= 0.6 is 0 Å². The van der Waals surface area contributed by atoms with Gasteiger partial charge in [0.05, 0.1) is 5.71 Å². The van der Waals surface area contributed by atoms with Crippen LogP contribution in [0.1, 0.15) is 12.5 Å². The van der Waals surface area contributed by atoms with E-state index >= 15 is 0 Å². The number of hydrogen-bond acceptors (Lipinski definition) is 1. The van der Waals surface area contributed by atoms with E-state index < -0.39 is 11.6 Å². The van der Waals surface area contributed by atoms with Crippen LogP contribution in [-0.2, 0) is 0 Å². The van der Waals surface area contributed by atoms with Gasteiger partial charge in [-0.25, -0.2) is 8.78 Å². The predicted molar refractivity (Wildman–Crippen MR) is 53.6 cm³/mol. The van der Waals surface area contributed by atoms with E-state index in [9.17, 15) is 8.78 Å². The van der Waals surface area contributed by atoms with Gasteiger partial charge in [0.25, 0.3) is 0 Å². The molecule has 0 spiro atoms. The second-order valence-corrected chi connectivity index (χ2v) is 2.74. The van der Waals surface area contributed by atoms with Crippen molar-refractivity contribution in [1.82, 2.24) is 0 Å². The van der Waals surface area contributed by atoms with Gasteiger partial charge in [-0.2, -0.15) is 0 Å². The number of halogens is 2. The molecule has 0 atom stereocenters. The Hall–Kier alpha value is -1.51. The lowest BCUT2D eigenvalue weighted by Gasteiger charge is -2.00. The fraction of sp³-hybridized carbons (Fsp3) is 0.182. The number of allylic oxidation sites excluding steroid dienone is 2. The number of aliphatic imine (C=N–C) groups is 1. The van der Waals surface area contributed by atoms with Crippen molar-refractivity contribution in [3.8, 4) is 0 Å². The lowest BCUT2D eigenvalue weighted by atomic mass is 10.1. The Morgan fingerprint density at radius 1 is 1.29 bits per heavy atom. The Bertz CT molecular complexity index is 381.